The first-order valence-electron chi connectivity index (χ1n) is 6.94. The molecule has 0 fully saturated rings. The van der Waals surface area contributed by atoms with Crippen molar-refractivity contribution in [1.82, 2.24) is 4.98 Å². The van der Waals surface area contributed by atoms with Gasteiger partial charge in [0.15, 0.2) is 0 Å². The predicted octanol–water partition coefficient (Wildman–Crippen LogP) is 3.35. The number of nitrogens with two attached hydrogens (primary N) is 1. The average Bonchev–Trinajstić information content (AvgIpc) is 2.48. The molecular formula is C18H18N2. The number of hydrogen-bond acceptors (Lipinski definition) is 2. The van der Waals surface area contributed by atoms with E-state index < -0.39 is 0 Å². The molecule has 1 unspecified atom stereocenters. The Hall–Kier alpha value is -2.19. The van der Waals surface area contributed by atoms with Gasteiger partial charge < -0.3 is 5.73 Å². The second-order valence-electron chi connectivity index (χ2n) is 5.17. The zero-order valence-corrected chi connectivity index (χ0v) is 11.4. The molecule has 2 nitrogen and oxygen atoms in total. The largest absolute Gasteiger partial charge is 0.327 e. The summed E-state index contributed by atoms with van der Waals surface area (Å²) >= 11 is 0. The van der Waals surface area contributed by atoms with Crippen LogP contribution in [0, 0.1) is 0 Å². The van der Waals surface area contributed by atoms with Gasteiger partial charge in [-0.15, -0.1) is 0 Å². The van der Waals surface area contributed by atoms with E-state index in [1.165, 1.54) is 16.3 Å². The standard InChI is InChI=1S/C18H18N2/c19-17(13-18-7-3-4-10-20-18)12-14-8-9-15-5-1-2-6-16(15)11-14/h1-11,17H,12-13,19H2. The fourth-order valence-corrected chi connectivity index (χ4v) is 2.53. The minimum absolute atomic E-state index is 0.103. The maximum Gasteiger partial charge on any atom is 0.0419 e. The van der Waals surface area contributed by atoms with Crippen LogP contribution in [-0.2, 0) is 12.8 Å². The average molecular weight is 262 g/mol. The monoisotopic (exact) mass is 262 g/mol. The fourth-order valence-electron chi connectivity index (χ4n) is 2.53. The zero-order chi connectivity index (χ0) is 13.8. The Morgan fingerprint density at radius 1 is 0.850 bits per heavy atom. The molecule has 0 amide bonds. The topological polar surface area (TPSA) is 38.9 Å². The molecular weight excluding hydrogens is 244 g/mol. The third kappa shape index (κ3) is 3.03. The molecule has 0 aliphatic rings. The van der Waals surface area contributed by atoms with Crippen molar-refractivity contribution in [3.05, 3.63) is 78.1 Å². The molecule has 3 aromatic rings. The molecule has 20 heavy (non-hydrogen) atoms. The smallest absolute Gasteiger partial charge is 0.0419 e. The first-order valence-corrected chi connectivity index (χ1v) is 6.94. The molecule has 0 aliphatic heterocycles. The van der Waals surface area contributed by atoms with Crippen LogP contribution in [0.1, 0.15) is 11.3 Å². The van der Waals surface area contributed by atoms with Crippen LogP contribution in [0.5, 0.6) is 0 Å². The maximum absolute atomic E-state index is 6.24. The Balaban J connectivity index is 1.72. The zero-order valence-electron chi connectivity index (χ0n) is 11.4. The summed E-state index contributed by atoms with van der Waals surface area (Å²) in [7, 11) is 0. The van der Waals surface area contributed by atoms with Gasteiger partial charge in [-0.25, -0.2) is 0 Å². The first kappa shape index (κ1) is 12.8. The van der Waals surface area contributed by atoms with Crippen molar-refractivity contribution in [2.75, 3.05) is 0 Å². The van der Waals surface area contributed by atoms with E-state index in [0.717, 1.165) is 18.5 Å². The van der Waals surface area contributed by atoms with Crippen LogP contribution in [0.25, 0.3) is 10.8 Å². The fraction of sp³-hybridized carbons (Fsp3) is 0.167. The van der Waals surface area contributed by atoms with Gasteiger partial charge in [-0.2, -0.15) is 0 Å². The molecule has 0 saturated carbocycles. The van der Waals surface area contributed by atoms with Crippen molar-refractivity contribution in [3.63, 3.8) is 0 Å². The summed E-state index contributed by atoms with van der Waals surface area (Å²) < 4.78 is 0. The van der Waals surface area contributed by atoms with E-state index in [-0.39, 0.29) is 6.04 Å². The molecule has 1 heterocycles. The molecule has 3 rings (SSSR count). The number of nitrogens with zero attached hydrogens (tertiary/aromatic N) is 1. The maximum atomic E-state index is 6.24. The molecule has 2 aromatic carbocycles. The van der Waals surface area contributed by atoms with Crippen molar-refractivity contribution < 1.29 is 0 Å². The molecule has 100 valence electrons. The van der Waals surface area contributed by atoms with Crippen LogP contribution in [-0.4, -0.2) is 11.0 Å². The highest BCUT2D eigenvalue weighted by molar-refractivity contribution is 5.82. The molecule has 0 aliphatic carbocycles. The highest BCUT2D eigenvalue weighted by Gasteiger charge is 2.06. The van der Waals surface area contributed by atoms with Crippen molar-refractivity contribution >= 4 is 10.8 Å². The summed E-state index contributed by atoms with van der Waals surface area (Å²) in [6.07, 6.45) is 3.51. The van der Waals surface area contributed by atoms with E-state index in [1.54, 1.807) is 0 Å². The van der Waals surface area contributed by atoms with Crippen LogP contribution in [0.3, 0.4) is 0 Å². The van der Waals surface area contributed by atoms with E-state index in [2.05, 4.69) is 47.4 Å². The van der Waals surface area contributed by atoms with Gasteiger partial charge in [-0.05, 0) is 34.9 Å². The molecule has 0 spiro atoms. The lowest BCUT2D eigenvalue weighted by Gasteiger charge is -2.11. The van der Waals surface area contributed by atoms with Crippen molar-refractivity contribution in [1.29, 1.82) is 0 Å². The number of aromatic nitrogens is 1. The van der Waals surface area contributed by atoms with Crippen molar-refractivity contribution in [2.24, 2.45) is 5.73 Å². The minimum atomic E-state index is 0.103. The third-order valence-electron chi connectivity index (χ3n) is 3.51. The van der Waals surface area contributed by atoms with Crippen molar-refractivity contribution in [3.8, 4) is 0 Å². The summed E-state index contributed by atoms with van der Waals surface area (Å²) in [6.45, 7) is 0. The van der Waals surface area contributed by atoms with Crippen LogP contribution in [0.15, 0.2) is 66.9 Å². The lowest BCUT2D eigenvalue weighted by molar-refractivity contribution is 0.654. The molecule has 2 N–H and O–H groups in total. The van der Waals surface area contributed by atoms with Gasteiger partial charge in [0, 0.05) is 24.4 Å². The van der Waals surface area contributed by atoms with Crippen LogP contribution in [0.4, 0.5) is 0 Å². The SMILES string of the molecule is NC(Cc1ccc2ccccc2c1)Cc1ccccn1. The van der Waals surface area contributed by atoms with E-state index in [1.807, 2.05) is 24.4 Å². The lowest BCUT2D eigenvalue weighted by atomic mass is 9.99. The lowest BCUT2D eigenvalue weighted by Crippen LogP contribution is -2.25. The Morgan fingerprint density at radius 3 is 2.45 bits per heavy atom. The van der Waals surface area contributed by atoms with Gasteiger partial charge in [0.05, 0.1) is 0 Å². The van der Waals surface area contributed by atoms with Gasteiger partial charge in [0.2, 0.25) is 0 Å². The number of fused-ring (bicyclic) bond motifs is 1. The molecule has 1 atom stereocenters. The van der Waals surface area contributed by atoms with Crippen molar-refractivity contribution in [2.45, 2.75) is 18.9 Å². The highest BCUT2D eigenvalue weighted by Crippen LogP contribution is 2.17. The van der Waals surface area contributed by atoms with E-state index in [0.29, 0.717) is 0 Å². The van der Waals surface area contributed by atoms with Gasteiger partial charge >= 0.3 is 0 Å². The van der Waals surface area contributed by atoms with E-state index in [4.69, 9.17) is 5.73 Å². The predicted molar refractivity (Wildman–Crippen MR) is 83.6 cm³/mol. The van der Waals surface area contributed by atoms with Gasteiger partial charge in [0.1, 0.15) is 0 Å². The van der Waals surface area contributed by atoms with Gasteiger partial charge in [-0.3, -0.25) is 4.98 Å². The number of rotatable bonds is 4. The van der Waals surface area contributed by atoms with Crippen LogP contribution in [0.2, 0.25) is 0 Å². The normalized spacial score (nSPS) is 12.4. The molecule has 0 saturated heterocycles. The number of hydrogen-bond donors (Lipinski definition) is 1. The summed E-state index contributed by atoms with van der Waals surface area (Å²) in [4.78, 5) is 4.33. The molecule has 1 aromatic heterocycles. The quantitative estimate of drug-likeness (QED) is 0.783. The van der Waals surface area contributed by atoms with E-state index >= 15 is 0 Å². The Kier molecular flexibility index (Phi) is 3.75. The third-order valence-corrected chi connectivity index (χ3v) is 3.51. The van der Waals surface area contributed by atoms with E-state index in [9.17, 15) is 0 Å². The first-order chi connectivity index (χ1) is 9.81. The summed E-state index contributed by atoms with van der Waals surface area (Å²) in [5, 5.41) is 2.55. The molecule has 0 bridgehead atoms. The number of pyridine rings is 1. The molecule has 0 radical (unpaired) electrons. The van der Waals surface area contributed by atoms with Crippen LogP contribution >= 0.6 is 0 Å². The van der Waals surface area contributed by atoms with Gasteiger partial charge in [0.25, 0.3) is 0 Å². The Bertz CT molecular complexity index is 692. The van der Waals surface area contributed by atoms with Gasteiger partial charge in [-0.1, -0.05) is 48.5 Å². The summed E-state index contributed by atoms with van der Waals surface area (Å²) in [5.74, 6) is 0. The number of benzene rings is 2. The second kappa shape index (κ2) is 5.85. The molecule has 2 heteroatoms. The minimum Gasteiger partial charge on any atom is -0.327 e. The Morgan fingerprint density at radius 2 is 1.65 bits per heavy atom. The Labute approximate surface area is 119 Å². The van der Waals surface area contributed by atoms with Crippen LogP contribution < -0.4 is 5.73 Å². The summed E-state index contributed by atoms with van der Waals surface area (Å²) in [6, 6.07) is 21.0. The summed E-state index contributed by atoms with van der Waals surface area (Å²) in [5.41, 5.74) is 8.58. The highest BCUT2D eigenvalue weighted by atomic mass is 14.7. The second-order valence-corrected chi connectivity index (χ2v) is 5.17.